The summed E-state index contributed by atoms with van der Waals surface area (Å²) in [7, 11) is 0. The van der Waals surface area contributed by atoms with E-state index in [1.165, 1.54) is 6.26 Å². The van der Waals surface area contributed by atoms with Gasteiger partial charge in [0.25, 0.3) is 6.01 Å². The van der Waals surface area contributed by atoms with Crippen molar-refractivity contribution in [3.05, 3.63) is 12.0 Å². The van der Waals surface area contributed by atoms with E-state index in [9.17, 15) is 9.59 Å². The van der Waals surface area contributed by atoms with Crippen molar-refractivity contribution in [1.82, 2.24) is 4.98 Å². The normalized spacial score (nSPS) is 22.2. The Morgan fingerprint density at radius 3 is 3.05 bits per heavy atom. The lowest BCUT2D eigenvalue weighted by atomic mass is 9.86. The molecule has 0 aliphatic heterocycles. The fraction of sp³-hybridized carbons (Fsp3) is 0.615. The Kier molecular flexibility index (Phi) is 4.60. The second kappa shape index (κ2) is 6.40. The van der Waals surface area contributed by atoms with Crippen molar-refractivity contribution in [2.75, 3.05) is 11.9 Å². The number of aromatic nitrogens is 1. The van der Waals surface area contributed by atoms with E-state index < -0.39 is 11.9 Å². The zero-order valence-electron chi connectivity index (χ0n) is 11.3. The van der Waals surface area contributed by atoms with Gasteiger partial charge in [0.05, 0.1) is 12.5 Å². The number of hydrogen-bond donors (Lipinski definition) is 2. The van der Waals surface area contributed by atoms with Crippen molar-refractivity contribution in [3.8, 4) is 0 Å². The molecule has 0 aromatic carbocycles. The Morgan fingerprint density at radius 2 is 2.35 bits per heavy atom. The van der Waals surface area contributed by atoms with Gasteiger partial charge in [-0.05, 0) is 26.2 Å². The fourth-order valence-corrected chi connectivity index (χ4v) is 2.36. The SMILES string of the molecule is CCOC(=O)c1coc(NC2CCCC(C(=O)O)C2)n1. The van der Waals surface area contributed by atoms with Gasteiger partial charge in [0.2, 0.25) is 0 Å². The molecule has 0 amide bonds. The Hall–Kier alpha value is -2.05. The number of nitrogens with zero attached hydrogens (tertiary/aromatic N) is 1. The molecule has 2 atom stereocenters. The van der Waals surface area contributed by atoms with Crippen molar-refractivity contribution < 1.29 is 23.8 Å². The largest absolute Gasteiger partial charge is 0.481 e. The summed E-state index contributed by atoms with van der Waals surface area (Å²) < 4.78 is 9.97. The number of carbonyl (C=O) groups is 2. The lowest BCUT2D eigenvalue weighted by Crippen LogP contribution is -2.31. The molecule has 2 N–H and O–H groups in total. The van der Waals surface area contributed by atoms with E-state index in [-0.39, 0.29) is 30.3 Å². The molecule has 1 saturated carbocycles. The Labute approximate surface area is 116 Å². The average Bonchev–Trinajstić information content (AvgIpc) is 2.88. The summed E-state index contributed by atoms with van der Waals surface area (Å²) in [6.45, 7) is 1.99. The molecule has 0 spiro atoms. The molecule has 1 heterocycles. The highest BCUT2D eigenvalue weighted by Gasteiger charge is 2.27. The first kappa shape index (κ1) is 14.4. The van der Waals surface area contributed by atoms with Crippen molar-refractivity contribution in [3.63, 3.8) is 0 Å². The molecule has 7 heteroatoms. The maximum Gasteiger partial charge on any atom is 0.360 e. The lowest BCUT2D eigenvalue weighted by Gasteiger charge is -2.26. The number of carboxylic acid groups (broad SMARTS) is 1. The predicted molar refractivity (Wildman–Crippen MR) is 69.5 cm³/mol. The van der Waals surface area contributed by atoms with Gasteiger partial charge in [-0.25, -0.2) is 4.79 Å². The molecule has 1 fully saturated rings. The number of carbonyl (C=O) groups excluding carboxylic acids is 1. The van der Waals surface area contributed by atoms with Gasteiger partial charge in [-0.3, -0.25) is 4.79 Å². The van der Waals surface area contributed by atoms with E-state index in [0.29, 0.717) is 12.8 Å². The van der Waals surface area contributed by atoms with Gasteiger partial charge in [-0.15, -0.1) is 0 Å². The first-order valence-electron chi connectivity index (χ1n) is 6.72. The van der Waals surface area contributed by atoms with Crippen LogP contribution in [0.15, 0.2) is 10.7 Å². The molecule has 20 heavy (non-hydrogen) atoms. The Morgan fingerprint density at radius 1 is 1.55 bits per heavy atom. The molecule has 0 bridgehead atoms. The molecule has 2 rings (SSSR count). The number of nitrogens with one attached hydrogen (secondary N) is 1. The molecular formula is C13H18N2O5. The number of ether oxygens (including phenoxy) is 1. The number of anilines is 1. The van der Waals surface area contributed by atoms with Crippen LogP contribution < -0.4 is 5.32 Å². The summed E-state index contributed by atoms with van der Waals surface area (Å²) in [6.07, 6.45) is 4.18. The molecule has 110 valence electrons. The van der Waals surface area contributed by atoms with Crippen molar-refractivity contribution >= 4 is 18.0 Å². The third-order valence-corrected chi connectivity index (χ3v) is 3.34. The molecule has 0 radical (unpaired) electrons. The van der Waals surface area contributed by atoms with Crippen LogP contribution in [0, 0.1) is 5.92 Å². The van der Waals surface area contributed by atoms with Crippen molar-refractivity contribution in [2.45, 2.75) is 38.6 Å². The van der Waals surface area contributed by atoms with E-state index in [0.717, 1.165) is 12.8 Å². The summed E-state index contributed by atoms with van der Waals surface area (Å²) in [5.41, 5.74) is 0.111. The van der Waals surface area contributed by atoms with Crippen LogP contribution in [0.5, 0.6) is 0 Å². The van der Waals surface area contributed by atoms with Crippen LogP contribution in [-0.2, 0) is 9.53 Å². The smallest absolute Gasteiger partial charge is 0.360 e. The van der Waals surface area contributed by atoms with E-state index in [4.69, 9.17) is 14.3 Å². The number of hydrogen-bond acceptors (Lipinski definition) is 6. The lowest BCUT2D eigenvalue weighted by molar-refractivity contribution is -0.142. The molecule has 0 saturated heterocycles. The summed E-state index contributed by atoms with van der Waals surface area (Å²) in [6, 6.07) is 0.225. The van der Waals surface area contributed by atoms with Gasteiger partial charge < -0.3 is 19.6 Å². The molecule has 1 aliphatic rings. The maximum atomic E-state index is 11.4. The van der Waals surface area contributed by atoms with Crippen LogP contribution in [0.2, 0.25) is 0 Å². The average molecular weight is 282 g/mol. The minimum Gasteiger partial charge on any atom is -0.481 e. The van der Waals surface area contributed by atoms with Gasteiger partial charge in [-0.2, -0.15) is 4.98 Å². The van der Waals surface area contributed by atoms with Crippen LogP contribution in [0.4, 0.5) is 6.01 Å². The molecule has 2 unspecified atom stereocenters. The minimum atomic E-state index is -0.767. The summed E-state index contributed by atoms with van der Waals surface area (Å²) in [4.78, 5) is 26.4. The first-order chi connectivity index (χ1) is 9.60. The highest BCUT2D eigenvalue weighted by Crippen LogP contribution is 2.26. The van der Waals surface area contributed by atoms with E-state index in [2.05, 4.69) is 10.3 Å². The molecular weight excluding hydrogens is 264 g/mol. The number of aliphatic carboxylic acids is 1. The van der Waals surface area contributed by atoms with Crippen LogP contribution in [0.1, 0.15) is 43.1 Å². The van der Waals surface area contributed by atoms with E-state index >= 15 is 0 Å². The number of rotatable bonds is 5. The van der Waals surface area contributed by atoms with Crippen LogP contribution in [0.3, 0.4) is 0 Å². The van der Waals surface area contributed by atoms with Gasteiger partial charge in [-0.1, -0.05) is 6.42 Å². The topological polar surface area (TPSA) is 102 Å². The number of carboxylic acids is 1. The van der Waals surface area contributed by atoms with Crippen molar-refractivity contribution in [1.29, 1.82) is 0 Å². The summed E-state index contributed by atoms with van der Waals surface area (Å²) >= 11 is 0. The number of oxazole rings is 1. The number of esters is 1. The Bertz CT molecular complexity index is 485. The molecule has 7 nitrogen and oxygen atoms in total. The third-order valence-electron chi connectivity index (χ3n) is 3.34. The molecule has 1 aromatic heterocycles. The monoisotopic (exact) mass is 282 g/mol. The highest BCUT2D eigenvalue weighted by atomic mass is 16.5. The summed E-state index contributed by atoms with van der Waals surface area (Å²) in [5, 5.41) is 12.1. The Balaban J connectivity index is 1.93. The fourth-order valence-electron chi connectivity index (χ4n) is 2.36. The van der Waals surface area contributed by atoms with Gasteiger partial charge in [0.15, 0.2) is 5.69 Å². The molecule has 1 aromatic rings. The standard InChI is InChI=1S/C13H18N2O5/c1-2-19-12(18)10-7-20-13(15-10)14-9-5-3-4-8(6-9)11(16)17/h7-9H,2-6H2,1H3,(H,14,15)(H,16,17). The second-order valence-corrected chi connectivity index (χ2v) is 4.80. The van der Waals surface area contributed by atoms with Gasteiger partial charge in [0, 0.05) is 6.04 Å². The van der Waals surface area contributed by atoms with Gasteiger partial charge >= 0.3 is 11.9 Å². The zero-order valence-corrected chi connectivity index (χ0v) is 11.3. The zero-order chi connectivity index (χ0) is 14.5. The minimum absolute atomic E-state index is 0.00135. The van der Waals surface area contributed by atoms with E-state index in [1.54, 1.807) is 6.92 Å². The molecule has 1 aliphatic carbocycles. The predicted octanol–water partition coefficient (Wildman–Crippen LogP) is 1.91. The van der Waals surface area contributed by atoms with Crippen molar-refractivity contribution in [2.24, 2.45) is 5.92 Å². The third kappa shape index (κ3) is 3.49. The summed E-state index contributed by atoms with van der Waals surface area (Å²) in [5.74, 6) is -1.63. The first-order valence-corrected chi connectivity index (χ1v) is 6.72. The van der Waals surface area contributed by atoms with Crippen LogP contribution in [-0.4, -0.2) is 34.7 Å². The van der Waals surface area contributed by atoms with Crippen LogP contribution in [0.25, 0.3) is 0 Å². The van der Waals surface area contributed by atoms with Gasteiger partial charge in [0.1, 0.15) is 6.26 Å². The van der Waals surface area contributed by atoms with E-state index in [1.807, 2.05) is 0 Å². The van der Waals surface area contributed by atoms with Crippen LogP contribution >= 0.6 is 0 Å². The maximum absolute atomic E-state index is 11.4. The second-order valence-electron chi connectivity index (χ2n) is 4.80. The highest BCUT2D eigenvalue weighted by molar-refractivity contribution is 5.87. The quantitative estimate of drug-likeness (QED) is 0.795.